The maximum atomic E-state index is 12.0. The van der Waals surface area contributed by atoms with E-state index >= 15 is 0 Å². The van der Waals surface area contributed by atoms with Crippen molar-refractivity contribution in [3.05, 3.63) is 20.8 Å². The van der Waals surface area contributed by atoms with Gasteiger partial charge in [-0.2, -0.15) is 4.98 Å². The van der Waals surface area contributed by atoms with Crippen LogP contribution in [-0.2, 0) is 13.6 Å². The molecule has 2 heterocycles. The monoisotopic (exact) mass is 281 g/mol. The smallest absolute Gasteiger partial charge is 0.329 e. The largest absolute Gasteiger partial charge is 0.392 e. The van der Waals surface area contributed by atoms with Crippen molar-refractivity contribution in [3.8, 4) is 0 Å². The molecule has 2 aromatic rings. The van der Waals surface area contributed by atoms with E-state index < -0.39 is 17.4 Å². The van der Waals surface area contributed by atoms with Crippen LogP contribution in [0, 0.1) is 0 Å². The van der Waals surface area contributed by atoms with Crippen molar-refractivity contribution in [2.45, 2.75) is 39.5 Å². The zero-order chi connectivity index (χ0) is 15.0. The van der Waals surface area contributed by atoms with Gasteiger partial charge in [0, 0.05) is 13.1 Å². The molecule has 1 atom stereocenters. The number of nitrogens with zero attached hydrogens (tertiary/aromatic N) is 3. The second-order valence-electron chi connectivity index (χ2n) is 5.18. The van der Waals surface area contributed by atoms with Gasteiger partial charge in [-0.05, 0) is 20.8 Å². The van der Waals surface area contributed by atoms with E-state index in [1.165, 1.54) is 4.57 Å². The SMILES string of the molecule is CC(O)Cn1c(NC(C)C)nc2c1c(=O)[nH]c(=O)n2C. The zero-order valence-corrected chi connectivity index (χ0v) is 12.0. The molecule has 0 amide bonds. The fourth-order valence-corrected chi connectivity index (χ4v) is 2.04. The number of aromatic amines is 1. The lowest BCUT2D eigenvalue weighted by molar-refractivity contribution is 0.175. The number of nitrogens with one attached hydrogen (secondary N) is 2. The van der Waals surface area contributed by atoms with E-state index in [4.69, 9.17) is 0 Å². The van der Waals surface area contributed by atoms with Crippen molar-refractivity contribution in [2.24, 2.45) is 7.05 Å². The summed E-state index contributed by atoms with van der Waals surface area (Å²) < 4.78 is 2.87. The predicted molar refractivity (Wildman–Crippen MR) is 76.0 cm³/mol. The molecule has 0 aliphatic rings. The quantitative estimate of drug-likeness (QED) is 0.709. The molecule has 0 aliphatic carbocycles. The number of aromatic nitrogens is 4. The van der Waals surface area contributed by atoms with Crippen LogP contribution >= 0.6 is 0 Å². The van der Waals surface area contributed by atoms with Gasteiger partial charge in [0.15, 0.2) is 11.2 Å². The van der Waals surface area contributed by atoms with Crippen molar-refractivity contribution in [1.82, 2.24) is 19.1 Å². The Bertz CT molecular complexity index is 738. The molecule has 8 nitrogen and oxygen atoms in total. The molecule has 0 radical (unpaired) electrons. The van der Waals surface area contributed by atoms with Gasteiger partial charge in [0.2, 0.25) is 5.95 Å². The third-order valence-electron chi connectivity index (χ3n) is 2.87. The Balaban J connectivity index is 2.79. The van der Waals surface area contributed by atoms with Crippen molar-refractivity contribution < 1.29 is 5.11 Å². The topological polar surface area (TPSA) is 105 Å². The molecule has 0 aromatic carbocycles. The van der Waals surface area contributed by atoms with Crippen LogP contribution in [0.5, 0.6) is 0 Å². The standard InChI is InChI=1S/C12H19N5O3/c1-6(2)13-11-14-9-8(17(11)5-7(3)18)10(19)15-12(20)16(9)4/h6-7,18H,5H2,1-4H3,(H,13,14)(H,15,19,20). The van der Waals surface area contributed by atoms with Gasteiger partial charge in [0.1, 0.15) is 0 Å². The lowest BCUT2D eigenvalue weighted by Crippen LogP contribution is -2.29. The van der Waals surface area contributed by atoms with E-state index in [-0.39, 0.29) is 18.1 Å². The lowest BCUT2D eigenvalue weighted by Gasteiger charge is -2.13. The number of H-pyrrole nitrogens is 1. The summed E-state index contributed by atoms with van der Waals surface area (Å²) in [7, 11) is 1.54. The van der Waals surface area contributed by atoms with E-state index in [0.717, 1.165) is 0 Å². The van der Waals surface area contributed by atoms with Crippen LogP contribution < -0.4 is 16.6 Å². The summed E-state index contributed by atoms with van der Waals surface area (Å²) in [6.45, 7) is 5.72. The molecular weight excluding hydrogens is 262 g/mol. The highest BCUT2D eigenvalue weighted by molar-refractivity contribution is 5.74. The highest BCUT2D eigenvalue weighted by Crippen LogP contribution is 2.16. The number of aliphatic hydroxyl groups excluding tert-OH is 1. The third kappa shape index (κ3) is 2.46. The molecule has 0 saturated carbocycles. The summed E-state index contributed by atoms with van der Waals surface area (Å²) in [4.78, 5) is 30.2. The molecule has 8 heteroatoms. The van der Waals surface area contributed by atoms with Gasteiger partial charge in [-0.15, -0.1) is 0 Å². The molecule has 0 spiro atoms. The summed E-state index contributed by atoms with van der Waals surface area (Å²) in [6, 6.07) is 0.107. The normalized spacial score (nSPS) is 13.1. The van der Waals surface area contributed by atoms with Gasteiger partial charge in [-0.1, -0.05) is 0 Å². The number of hydrogen-bond acceptors (Lipinski definition) is 5. The first kappa shape index (κ1) is 14.3. The molecule has 2 rings (SSSR count). The number of rotatable bonds is 4. The van der Waals surface area contributed by atoms with Crippen LogP contribution in [0.3, 0.4) is 0 Å². The Morgan fingerprint density at radius 1 is 1.35 bits per heavy atom. The molecule has 2 aromatic heterocycles. The summed E-state index contributed by atoms with van der Waals surface area (Å²) >= 11 is 0. The highest BCUT2D eigenvalue weighted by atomic mass is 16.3. The second kappa shape index (κ2) is 5.12. The summed E-state index contributed by atoms with van der Waals surface area (Å²) in [5.41, 5.74) is -0.452. The van der Waals surface area contributed by atoms with Crippen molar-refractivity contribution in [1.29, 1.82) is 0 Å². The van der Waals surface area contributed by atoms with E-state index in [2.05, 4.69) is 15.3 Å². The average Bonchev–Trinajstić information content (AvgIpc) is 2.64. The minimum Gasteiger partial charge on any atom is -0.392 e. The molecule has 20 heavy (non-hydrogen) atoms. The number of hydrogen-bond donors (Lipinski definition) is 3. The van der Waals surface area contributed by atoms with Gasteiger partial charge in [-0.3, -0.25) is 14.3 Å². The van der Waals surface area contributed by atoms with Gasteiger partial charge in [0.05, 0.1) is 12.6 Å². The van der Waals surface area contributed by atoms with Crippen molar-refractivity contribution in [2.75, 3.05) is 5.32 Å². The molecule has 0 aliphatic heterocycles. The molecule has 0 saturated heterocycles. The molecule has 0 bridgehead atoms. The van der Waals surface area contributed by atoms with Gasteiger partial charge in [-0.25, -0.2) is 4.79 Å². The summed E-state index contributed by atoms with van der Waals surface area (Å²) in [6.07, 6.45) is -0.642. The Hall–Kier alpha value is -2.09. The van der Waals surface area contributed by atoms with Crippen molar-refractivity contribution >= 4 is 17.1 Å². The summed E-state index contributed by atoms with van der Waals surface area (Å²) in [5, 5.41) is 12.7. The van der Waals surface area contributed by atoms with Crippen LogP contribution in [-0.4, -0.2) is 36.4 Å². The van der Waals surface area contributed by atoms with E-state index in [0.29, 0.717) is 11.6 Å². The first-order chi connectivity index (χ1) is 9.31. The lowest BCUT2D eigenvalue weighted by atomic mass is 10.4. The molecule has 0 fully saturated rings. The third-order valence-corrected chi connectivity index (χ3v) is 2.87. The molecule has 110 valence electrons. The molecule has 1 unspecified atom stereocenters. The predicted octanol–water partition coefficient (Wildman–Crippen LogP) is -0.376. The average molecular weight is 281 g/mol. The fourth-order valence-electron chi connectivity index (χ4n) is 2.04. The number of aryl methyl sites for hydroxylation is 1. The first-order valence-corrected chi connectivity index (χ1v) is 6.45. The van der Waals surface area contributed by atoms with Crippen LogP contribution in [0.15, 0.2) is 9.59 Å². The Kier molecular flexibility index (Phi) is 3.67. The fraction of sp³-hybridized carbons (Fsp3) is 0.583. The Morgan fingerprint density at radius 3 is 2.55 bits per heavy atom. The number of imidazole rings is 1. The van der Waals surface area contributed by atoms with E-state index in [1.807, 2.05) is 13.8 Å². The number of fused-ring (bicyclic) bond motifs is 1. The minimum atomic E-state index is -0.642. The number of aliphatic hydroxyl groups is 1. The van der Waals surface area contributed by atoms with E-state index in [9.17, 15) is 14.7 Å². The van der Waals surface area contributed by atoms with Crippen LogP contribution in [0.4, 0.5) is 5.95 Å². The van der Waals surface area contributed by atoms with Gasteiger partial charge < -0.3 is 15.0 Å². The number of anilines is 1. The molecular formula is C12H19N5O3. The molecule has 3 N–H and O–H groups in total. The maximum absolute atomic E-state index is 12.0. The van der Waals surface area contributed by atoms with E-state index in [1.54, 1.807) is 18.5 Å². The first-order valence-electron chi connectivity index (χ1n) is 6.45. The minimum absolute atomic E-state index is 0.107. The summed E-state index contributed by atoms with van der Waals surface area (Å²) in [5.74, 6) is 0.461. The van der Waals surface area contributed by atoms with Crippen LogP contribution in [0.2, 0.25) is 0 Å². The van der Waals surface area contributed by atoms with Crippen LogP contribution in [0.25, 0.3) is 11.2 Å². The highest BCUT2D eigenvalue weighted by Gasteiger charge is 2.18. The Labute approximate surface area is 115 Å². The van der Waals surface area contributed by atoms with Gasteiger partial charge in [0.25, 0.3) is 5.56 Å². The van der Waals surface area contributed by atoms with Crippen LogP contribution in [0.1, 0.15) is 20.8 Å². The van der Waals surface area contributed by atoms with Gasteiger partial charge >= 0.3 is 5.69 Å². The maximum Gasteiger partial charge on any atom is 0.329 e. The zero-order valence-electron chi connectivity index (χ0n) is 12.0. The van der Waals surface area contributed by atoms with Crippen molar-refractivity contribution in [3.63, 3.8) is 0 Å². The second-order valence-corrected chi connectivity index (χ2v) is 5.18. The Morgan fingerprint density at radius 2 is 2.00 bits per heavy atom.